The van der Waals surface area contributed by atoms with Crippen LogP contribution in [0, 0.1) is 0 Å². The number of unbranched alkanes of at least 4 members (excludes halogenated alkanes) is 1. The lowest BCUT2D eigenvalue weighted by Crippen LogP contribution is -2.44. The van der Waals surface area contributed by atoms with Crippen LogP contribution in [0.25, 0.3) is 0 Å². The van der Waals surface area contributed by atoms with E-state index in [2.05, 4.69) is 33.9 Å². The number of nitrogens with two attached hydrogens (primary N) is 2. The average Bonchev–Trinajstić information content (AvgIpc) is 2.13. The van der Waals surface area contributed by atoms with Gasteiger partial charge in [-0.2, -0.15) is 0 Å². The molecule has 0 aliphatic heterocycles. The third kappa shape index (κ3) is 5.99. The van der Waals surface area contributed by atoms with Gasteiger partial charge in [-0.3, -0.25) is 0 Å². The molecule has 0 aromatic rings. The molecule has 0 fully saturated rings. The molecule has 0 rings (SSSR count). The van der Waals surface area contributed by atoms with Crippen LogP contribution >= 0.6 is 0 Å². The summed E-state index contributed by atoms with van der Waals surface area (Å²) in [5.41, 5.74) is 11.5. The second-order valence-corrected chi connectivity index (χ2v) is 10.9. The van der Waals surface area contributed by atoms with Gasteiger partial charge >= 0.3 is 0 Å². The lowest BCUT2D eigenvalue weighted by molar-refractivity contribution is 0.256. The van der Waals surface area contributed by atoms with Crippen LogP contribution in [0.4, 0.5) is 0 Å². The van der Waals surface area contributed by atoms with Crippen molar-refractivity contribution in [2.24, 2.45) is 11.5 Å². The molecule has 0 heterocycles. The van der Waals surface area contributed by atoms with E-state index < -0.39 is 8.32 Å². The van der Waals surface area contributed by atoms with E-state index in [0.29, 0.717) is 6.61 Å². The molecule has 0 radical (unpaired) electrons. The van der Waals surface area contributed by atoms with Gasteiger partial charge in [-0.05, 0) is 37.5 Å². The Morgan fingerprint density at radius 2 is 1.75 bits per heavy atom. The van der Waals surface area contributed by atoms with Gasteiger partial charge in [0.05, 0.1) is 0 Å². The Bertz CT molecular complexity index is 190. The van der Waals surface area contributed by atoms with Gasteiger partial charge in [0.2, 0.25) is 0 Å². The summed E-state index contributed by atoms with van der Waals surface area (Å²) in [6.45, 7) is 12.7. The Hall–Kier alpha value is 0.0969. The first kappa shape index (κ1) is 16.1. The first-order chi connectivity index (χ1) is 7.20. The molecule has 0 aromatic carbocycles. The SMILES string of the molecule is CC(C)(C)[Si](C)(C)OC[C@@H](N)CCCCN. The van der Waals surface area contributed by atoms with Crippen LogP contribution in [0.3, 0.4) is 0 Å². The largest absolute Gasteiger partial charge is 0.415 e. The maximum Gasteiger partial charge on any atom is 0.192 e. The van der Waals surface area contributed by atoms with Gasteiger partial charge in [-0.25, -0.2) is 0 Å². The average molecular weight is 246 g/mol. The van der Waals surface area contributed by atoms with Gasteiger partial charge in [0.1, 0.15) is 0 Å². The van der Waals surface area contributed by atoms with E-state index in [4.69, 9.17) is 15.9 Å². The van der Waals surface area contributed by atoms with Gasteiger partial charge < -0.3 is 15.9 Å². The summed E-state index contributed by atoms with van der Waals surface area (Å²) < 4.78 is 6.07. The summed E-state index contributed by atoms with van der Waals surface area (Å²) in [6, 6.07) is 0.167. The summed E-state index contributed by atoms with van der Waals surface area (Å²) in [5.74, 6) is 0. The Labute approximate surface area is 102 Å². The van der Waals surface area contributed by atoms with E-state index in [1.807, 2.05) is 0 Å². The molecule has 0 aliphatic carbocycles. The summed E-state index contributed by atoms with van der Waals surface area (Å²) in [6.07, 6.45) is 3.19. The molecule has 0 aromatic heterocycles. The summed E-state index contributed by atoms with van der Waals surface area (Å²) in [7, 11) is -1.62. The predicted molar refractivity (Wildman–Crippen MR) is 74.0 cm³/mol. The summed E-state index contributed by atoms with van der Waals surface area (Å²) in [4.78, 5) is 0. The Balaban J connectivity index is 3.86. The van der Waals surface area contributed by atoms with Crippen molar-refractivity contribution in [1.29, 1.82) is 0 Å². The zero-order valence-electron chi connectivity index (χ0n) is 11.7. The van der Waals surface area contributed by atoms with E-state index in [0.717, 1.165) is 25.8 Å². The fraction of sp³-hybridized carbons (Fsp3) is 1.00. The van der Waals surface area contributed by atoms with Crippen molar-refractivity contribution < 1.29 is 4.43 Å². The zero-order valence-corrected chi connectivity index (χ0v) is 12.7. The standard InChI is InChI=1S/C12H30N2OSi/c1-12(2,3)16(4,5)15-10-11(14)8-6-7-9-13/h11H,6-10,13-14H2,1-5H3/t11-/m0/s1. The molecule has 0 aliphatic rings. The van der Waals surface area contributed by atoms with Crippen molar-refractivity contribution in [2.45, 2.75) is 64.2 Å². The van der Waals surface area contributed by atoms with Gasteiger partial charge in [0.15, 0.2) is 8.32 Å². The topological polar surface area (TPSA) is 61.3 Å². The van der Waals surface area contributed by atoms with Crippen LogP contribution in [-0.4, -0.2) is 27.5 Å². The highest BCUT2D eigenvalue weighted by Crippen LogP contribution is 2.36. The molecule has 3 nitrogen and oxygen atoms in total. The van der Waals surface area contributed by atoms with E-state index >= 15 is 0 Å². The van der Waals surface area contributed by atoms with Gasteiger partial charge in [-0.1, -0.05) is 27.2 Å². The summed E-state index contributed by atoms with van der Waals surface area (Å²) in [5, 5.41) is 0.268. The number of hydrogen-bond donors (Lipinski definition) is 2. The Kier molecular flexibility index (Phi) is 6.78. The number of hydrogen-bond acceptors (Lipinski definition) is 3. The Morgan fingerprint density at radius 3 is 2.19 bits per heavy atom. The molecule has 4 heteroatoms. The molecule has 0 unspecified atom stereocenters. The minimum Gasteiger partial charge on any atom is -0.415 e. The molecule has 1 atom stereocenters. The molecular weight excluding hydrogens is 216 g/mol. The van der Waals surface area contributed by atoms with E-state index in [1.54, 1.807) is 0 Å². The van der Waals surface area contributed by atoms with Gasteiger partial charge in [0, 0.05) is 12.6 Å². The molecule has 0 saturated carbocycles. The van der Waals surface area contributed by atoms with E-state index in [-0.39, 0.29) is 11.1 Å². The Morgan fingerprint density at radius 1 is 1.19 bits per heavy atom. The van der Waals surface area contributed by atoms with Crippen molar-refractivity contribution in [3.8, 4) is 0 Å². The quantitative estimate of drug-likeness (QED) is 0.536. The third-order valence-corrected chi connectivity index (χ3v) is 7.99. The highest BCUT2D eigenvalue weighted by atomic mass is 28.4. The molecule has 0 amide bonds. The van der Waals surface area contributed by atoms with Gasteiger partial charge in [0.25, 0.3) is 0 Å². The van der Waals surface area contributed by atoms with Crippen molar-refractivity contribution in [1.82, 2.24) is 0 Å². The van der Waals surface area contributed by atoms with Crippen LogP contribution in [0.5, 0.6) is 0 Å². The van der Waals surface area contributed by atoms with Crippen molar-refractivity contribution in [3.05, 3.63) is 0 Å². The molecule has 4 N–H and O–H groups in total. The third-order valence-electron chi connectivity index (χ3n) is 3.49. The molecule has 0 bridgehead atoms. The van der Waals surface area contributed by atoms with Crippen LogP contribution in [0.15, 0.2) is 0 Å². The van der Waals surface area contributed by atoms with Crippen molar-refractivity contribution >= 4 is 8.32 Å². The second kappa shape index (κ2) is 6.74. The van der Waals surface area contributed by atoms with Crippen LogP contribution in [0.1, 0.15) is 40.0 Å². The zero-order chi connectivity index (χ0) is 12.8. The normalized spacial score (nSPS) is 15.2. The van der Waals surface area contributed by atoms with E-state index in [1.165, 1.54) is 0 Å². The summed E-state index contributed by atoms with van der Waals surface area (Å²) >= 11 is 0. The molecule has 98 valence electrons. The first-order valence-electron chi connectivity index (χ1n) is 6.30. The van der Waals surface area contributed by atoms with E-state index in [9.17, 15) is 0 Å². The monoisotopic (exact) mass is 246 g/mol. The van der Waals surface area contributed by atoms with Crippen molar-refractivity contribution in [2.75, 3.05) is 13.2 Å². The van der Waals surface area contributed by atoms with Crippen LogP contribution in [0.2, 0.25) is 18.1 Å². The molecule has 0 saturated heterocycles. The highest BCUT2D eigenvalue weighted by Gasteiger charge is 2.37. The smallest absolute Gasteiger partial charge is 0.192 e. The minimum absolute atomic E-state index is 0.167. The number of rotatable bonds is 7. The predicted octanol–water partition coefficient (Wildman–Crippen LogP) is 2.46. The first-order valence-corrected chi connectivity index (χ1v) is 9.21. The molecule has 0 spiro atoms. The molecule has 16 heavy (non-hydrogen) atoms. The minimum atomic E-state index is -1.62. The fourth-order valence-corrected chi connectivity index (χ4v) is 2.23. The fourth-order valence-electron chi connectivity index (χ4n) is 1.17. The lowest BCUT2D eigenvalue weighted by atomic mass is 10.1. The van der Waals surface area contributed by atoms with Crippen LogP contribution < -0.4 is 11.5 Å². The van der Waals surface area contributed by atoms with Crippen molar-refractivity contribution in [3.63, 3.8) is 0 Å². The van der Waals surface area contributed by atoms with Gasteiger partial charge in [-0.15, -0.1) is 0 Å². The maximum atomic E-state index is 6.07. The van der Waals surface area contributed by atoms with Crippen LogP contribution in [-0.2, 0) is 4.43 Å². The highest BCUT2D eigenvalue weighted by molar-refractivity contribution is 6.74. The lowest BCUT2D eigenvalue weighted by Gasteiger charge is -2.37. The second-order valence-electron chi connectivity index (χ2n) is 6.12. The molecular formula is C12H30N2OSi. The maximum absolute atomic E-state index is 6.07.